The number of benzene rings is 2. The third kappa shape index (κ3) is 3.38. The molecule has 3 rings (SSSR count). The summed E-state index contributed by atoms with van der Waals surface area (Å²) in [5, 5.41) is 2.64. The van der Waals surface area contributed by atoms with Gasteiger partial charge in [0.1, 0.15) is 13.6 Å². The van der Waals surface area contributed by atoms with E-state index in [0.29, 0.717) is 11.4 Å². The lowest BCUT2D eigenvalue weighted by Crippen LogP contribution is -2.22. The maximum atomic E-state index is 12.6. The Kier molecular flexibility index (Phi) is 4.23. The van der Waals surface area contributed by atoms with Crippen LogP contribution in [0.25, 0.3) is 0 Å². The van der Waals surface area contributed by atoms with E-state index in [1.807, 2.05) is 13.0 Å². The van der Waals surface area contributed by atoms with Crippen LogP contribution < -0.4 is 20.2 Å². The largest absolute Gasteiger partial charge is 0.491 e. The Bertz CT molecular complexity index is 912. The van der Waals surface area contributed by atoms with Crippen molar-refractivity contribution in [2.24, 2.45) is 0 Å². The SMILES string of the molecule is [B]c1cc2c(cc1S(=O)(=O)Nc1cccc(C)c1)OCCC(=O)N2. The number of anilines is 2. The maximum Gasteiger partial charge on any atom is 0.261 e. The molecule has 1 amide bonds. The van der Waals surface area contributed by atoms with E-state index in [1.165, 1.54) is 12.1 Å². The summed E-state index contributed by atoms with van der Waals surface area (Å²) in [6.07, 6.45) is 0.193. The Morgan fingerprint density at radius 1 is 1.25 bits per heavy atom. The minimum absolute atomic E-state index is 0.0275. The first kappa shape index (κ1) is 16.4. The number of ether oxygens (including phenoxy) is 1. The monoisotopic (exact) mass is 342 g/mol. The van der Waals surface area contributed by atoms with Gasteiger partial charge >= 0.3 is 0 Å². The van der Waals surface area contributed by atoms with Crippen molar-refractivity contribution in [3.05, 3.63) is 42.0 Å². The van der Waals surface area contributed by atoms with Crippen LogP contribution in [0.1, 0.15) is 12.0 Å². The molecule has 0 aliphatic carbocycles. The van der Waals surface area contributed by atoms with Crippen molar-refractivity contribution in [2.45, 2.75) is 18.2 Å². The van der Waals surface area contributed by atoms with Crippen molar-refractivity contribution < 1.29 is 17.9 Å². The van der Waals surface area contributed by atoms with Gasteiger partial charge in [0.15, 0.2) is 0 Å². The van der Waals surface area contributed by atoms with Crippen LogP contribution in [0.3, 0.4) is 0 Å². The van der Waals surface area contributed by atoms with Crippen LogP contribution in [0.4, 0.5) is 11.4 Å². The Hall–Kier alpha value is -2.48. The quantitative estimate of drug-likeness (QED) is 0.824. The molecule has 0 saturated carbocycles. The minimum atomic E-state index is -3.89. The highest BCUT2D eigenvalue weighted by Crippen LogP contribution is 2.29. The van der Waals surface area contributed by atoms with E-state index in [9.17, 15) is 13.2 Å². The first-order valence-corrected chi connectivity index (χ1v) is 8.79. The molecular formula is C16H15BN2O4S. The number of sulfonamides is 1. The van der Waals surface area contributed by atoms with Crippen molar-refractivity contribution in [2.75, 3.05) is 16.6 Å². The van der Waals surface area contributed by atoms with Gasteiger partial charge in [0.05, 0.1) is 23.6 Å². The van der Waals surface area contributed by atoms with Crippen LogP contribution in [-0.2, 0) is 14.8 Å². The van der Waals surface area contributed by atoms with E-state index >= 15 is 0 Å². The number of rotatable bonds is 3. The molecule has 1 aliphatic rings. The summed E-state index contributed by atoms with van der Waals surface area (Å²) in [4.78, 5) is 11.5. The number of hydrogen-bond acceptors (Lipinski definition) is 4. The molecule has 0 aromatic heterocycles. The standard InChI is InChI=1S/C16H15BN2O4S/c1-10-3-2-4-11(7-10)19-24(21,22)15-9-14-13(8-12(15)17)18-16(20)5-6-23-14/h2-4,7-9,19H,5-6H2,1H3,(H,18,20). The molecule has 122 valence electrons. The second kappa shape index (κ2) is 6.20. The summed E-state index contributed by atoms with van der Waals surface area (Å²) >= 11 is 0. The molecular weight excluding hydrogens is 327 g/mol. The van der Waals surface area contributed by atoms with Crippen LogP contribution in [0, 0.1) is 6.92 Å². The molecule has 0 saturated heterocycles. The van der Waals surface area contributed by atoms with E-state index in [0.717, 1.165) is 5.56 Å². The third-order valence-corrected chi connectivity index (χ3v) is 4.97. The van der Waals surface area contributed by atoms with Gasteiger partial charge in [-0.15, -0.1) is 0 Å². The van der Waals surface area contributed by atoms with Gasteiger partial charge in [-0.1, -0.05) is 17.6 Å². The molecule has 0 fully saturated rings. The Morgan fingerprint density at radius 3 is 2.79 bits per heavy atom. The number of hydrogen-bond donors (Lipinski definition) is 2. The lowest BCUT2D eigenvalue weighted by Gasteiger charge is -2.15. The molecule has 0 unspecified atom stereocenters. The molecule has 24 heavy (non-hydrogen) atoms. The molecule has 2 aromatic carbocycles. The van der Waals surface area contributed by atoms with Gasteiger partial charge in [0, 0.05) is 11.8 Å². The summed E-state index contributed by atoms with van der Waals surface area (Å²) < 4.78 is 33.2. The summed E-state index contributed by atoms with van der Waals surface area (Å²) in [6, 6.07) is 9.71. The van der Waals surface area contributed by atoms with Gasteiger partial charge in [0.25, 0.3) is 10.0 Å². The molecule has 0 atom stereocenters. The zero-order valence-electron chi connectivity index (χ0n) is 13.0. The number of fused-ring (bicyclic) bond motifs is 1. The molecule has 0 spiro atoms. The number of aryl methyl sites for hydroxylation is 1. The molecule has 2 N–H and O–H groups in total. The number of carbonyl (C=O) groups excluding carboxylic acids is 1. The highest BCUT2D eigenvalue weighted by molar-refractivity contribution is 7.93. The second-order valence-electron chi connectivity index (χ2n) is 5.51. The number of carbonyl (C=O) groups is 1. The maximum absolute atomic E-state index is 12.6. The van der Waals surface area contributed by atoms with E-state index in [4.69, 9.17) is 12.6 Å². The summed E-state index contributed by atoms with van der Waals surface area (Å²) in [6.45, 7) is 2.04. The molecule has 2 radical (unpaired) electrons. The van der Waals surface area contributed by atoms with Crippen molar-refractivity contribution in [3.63, 3.8) is 0 Å². The van der Waals surface area contributed by atoms with Crippen molar-refractivity contribution in [1.29, 1.82) is 0 Å². The predicted molar refractivity (Wildman–Crippen MR) is 92.6 cm³/mol. The fraction of sp³-hybridized carbons (Fsp3) is 0.188. The fourth-order valence-corrected chi connectivity index (χ4v) is 3.59. The molecule has 1 heterocycles. The molecule has 0 bridgehead atoms. The van der Waals surface area contributed by atoms with E-state index in [1.54, 1.807) is 18.2 Å². The van der Waals surface area contributed by atoms with Crippen molar-refractivity contribution >= 4 is 40.6 Å². The first-order chi connectivity index (χ1) is 11.3. The van der Waals surface area contributed by atoms with Gasteiger partial charge in [-0.2, -0.15) is 0 Å². The summed E-state index contributed by atoms with van der Waals surface area (Å²) in [7, 11) is 2.00. The van der Waals surface area contributed by atoms with Crippen molar-refractivity contribution in [3.8, 4) is 5.75 Å². The van der Waals surface area contributed by atoms with E-state index in [-0.39, 0.29) is 35.0 Å². The average Bonchev–Trinajstić information content (AvgIpc) is 2.66. The smallest absolute Gasteiger partial charge is 0.261 e. The summed E-state index contributed by atoms with van der Waals surface area (Å²) in [5.41, 5.74) is 1.76. The zero-order valence-corrected chi connectivity index (χ0v) is 13.8. The van der Waals surface area contributed by atoms with Crippen molar-refractivity contribution in [1.82, 2.24) is 0 Å². The van der Waals surface area contributed by atoms with E-state index in [2.05, 4.69) is 10.0 Å². The minimum Gasteiger partial charge on any atom is -0.491 e. The zero-order chi connectivity index (χ0) is 17.3. The van der Waals surface area contributed by atoms with Crippen LogP contribution in [0.5, 0.6) is 5.75 Å². The summed E-state index contributed by atoms with van der Waals surface area (Å²) in [5.74, 6) is 0.0707. The lowest BCUT2D eigenvalue weighted by molar-refractivity contribution is -0.116. The molecule has 2 aromatic rings. The van der Waals surface area contributed by atoms with Gasteiger partial charge in [0.2, 0.25) is 5.91 Å². The van der Waals surface area contributed by atoms with Crippen LogP contribution >= 0.6 is 0 Å². The van der Waals surface area contributed by atoms with Gasteiger partial charge in [-0.25, -0.2) is 8.42 Å². The normalized spacial score (nSPS) is 14.1. The van der Waals surface area contributed by atoms with E-state index < -0.39 is 10.0 Å². The topological polar surface area (TPSA) is 84.5 Å². The molecule has 8 heteroatoms. The number of amides is 1. The first-order valence-electron chi connectivity index (χ1n) is 7.31. The Balaban J connectivity index is 1.99. The Labute approximate surface area is 141 Å². The molecule has 6 nitrogen and oxygen atoms in total. The van der Waals surface area contributed by atoms with Gasteiger partial charge < -0.3 is 10.1 Å². The molecule has 1 aliphatic heterocycles. The third-order valence-electron chi connectivity index (χ3n) is 3.53. The Morgan fingerprint density at radius 2 is 2.04 bits per heavy atom. The van der Waals surface area contributed by atoms with Crippen LogP contribution in [0.15, 0.2) is 41.3 Å². The second-order valence-corrected chi connectivity index (χ2v) is 7.16. The van der Waals surface area contributed by atoms with Crippen LogP contribution in [-0.4, -0.2) is 28.8 Å². The fourth-order valence-electron chi connectivity index (χ4n) is 2.41. The highest BCUT2D eigenvalue weighted by atomic mass is 32.2. The van der Waals surface area contributed by atoms with Gasteiger partial charge in [-0.3, -0.25) is 9.52 Å². The highest BCUT2D eigenvalue weighted by Gasteiger charge is 2.22. The van der Waals surface area contributed by atoms with Gasteiger partial charge in [-0.05, 0) is 30.7 Å². The average molecular weight is 342 g/mol. The number of nitrogens with one attached hydrogen (secondary N) is 2. The van der Waals surface area contributed by atoms with Crippen LogP contribution in [0.2, 0.25) is 0 Å². The lowest BCUT2D eigenvalue weighted by atomic mass is 9.95. The predicted octanol–water partition coefficient (Wildman–Crippen LogP) is 1.31.